The molecule has 0 saturated carbocycles. The van der Waals surface area contributed by atoms with Gasteiger partial charge in [0.2, 0.25) is 0 Å². The van der Waals surface area contributed by atoms with Crippen molar-refractivity contribution >= 4 is 11.9 Å². The van der Waals surface area contributed by atoms with Gasteiger partial charge in [-0.25, -0.2) is 0 Å². The number of carboxylic acid groups (broad SMARTS) is 2. The minimum absolute atomic E-state index is 0.244. The highest BCUT2D eigenvalue weighted by Crippen LogP contribution is 2.31. The van der Waals surface area contributed by atoms with Crippen molar-refractivity contribution in [2.45, 2.75) is 90.9 Å². The molecule has 0 radical (unpaired) electrons. The molecule has 0 aromatic rings. The first-order valence-corrected chi connectivity index (χ1v) is 8.94. The van der Waals surface area contributed by atoms with E-state index in [4.69, 9.17) is 10.2 Å². The SMILES string of the molecule is CCCCC(CCCCCC(=O)O)C(CCCC)CC(=O)O. The van der Waals surface area contributed by atoms with E-state index in [0.717, 1.165) is 64.2 Å². The summed E-state index contributed by atoms with van der Waals surface area (Å²) in [5, 5.41) is 17.8. The molecular formula is C18H34O4. The van der Waals surface area contributed by atoms with Gasteiger partial charge in [0.1, 0.15) is 0 Å². The molecule has 0 spiro atoms. The van der Waals surface area contributed by atoms with Crippen LogP contribution in [0.25, 0.3) is 0 Å². The van der Waals surface area contributed by atoms with Crippen LogP contribution in [0, 0.1) is 11.8 Å². The van der Waals surface area contributed by atoms with Gasteiger partial charge in [0.25, 0.3) is 0 Å². The van der Waals surface area contributed by atoms with Crippen LogP contribution in [0.3, 0.4) is 0 Å². The molecule has 0 amide bonds. The molecule has 4 nitrogen and oxygen atoms in total. The topological polar surface area (TPSA) is 74.6 Å². The Morgan fingerprint density at radius 2 is 1.27 bits per heavy atom. The van der Waals surface area contributed by atoms with Crippen LogP contribution >= 0.6 is 0 Å². The Balaban J connectivity index is 4.38. The molecular weight excluding hydrogens is 280 g/mol. The minimum atomic E-state index is -0.728. The lowest BCUT2D eigenvalue weighted by atomic mass is 9.79. The van der Waals surface area contributed by atoms with Crippen LogP contribution < -0.4 is 0 Å². The Labute approximate surface area is 135 Å². The number of hydrogen-bond acceptors (Lipinski definition) is 2. The summed E-state index contributed by atoms with van der Waals surface area (Å²) < 4.78 is 0. The summed E-state index contributed by atoms with van der Waals surface area (Å²) in [6.45, 7) is 4.31. The average Bonchev–Trinajstić information content (AvgIpc) is 2.45. The van der Waals surface area contributed by atoms with E-state index in [1.807, 2.05) is 0 Å². The molecule has 0 aliphatic carbocycles. The van der Waals surface area contributed by atoms with Crippen molar-refractivity contribution in [3.05, 3.63) is 0 Å². The van der Waals surface area contributed by atoms with Gasteiger partial charge in [0, 0.05) is 12.8 Å². The van der Waals surface area contributed by atoms with Gasteiger partial charge in [-0.1, -0.05) is 65.2 Å². The van der Waals surface area contributed by atoms with Crippen molar-refractivity contribution < 1.29 is 19.8 Å². The van der Waals surface area contributed by atoms with E-state index < -0.39 is 11.9 Å². The lowest BCUT2D eigenvalue weighted by Crippen LogP contribution is -2.19. The first-order chi connectivity index (χ1) is 10.5. The summed E-state index contributed by atoms with van der Waals surface area (Å²) >= 11 is 0. The van der Waals surface area contributed by atoms with Crippen LogP contribution in [0.2, 0.25) is 0 Å². The Morgan fingerprint density at radius 3 is 1.77 bits per heavy atom. The predicted molar refractivity (Wildman–Crippen MR) is 89.0 cm³/mol. The van der Waals surface area contributed by atoms with Gasteiger partial charge in [-0.15, -0.1) is 0 Å². The Kier molecular flexibility index (Phi) is 12.9. The zero-order valence-corrected chi connectivity index (χ0v) is 14.4. The number of hydrogen-bond donors (Lipinski definition) is 2. The fraction of sp³-hybridized carbons (Fsp3) is 0.889. The summed E-state index contributed by atoms with van der Waals surface area (Å²) in [6.07, 6.45) is 10.9. The van der Waals surface area contributed by atoms with Gasteiger partial charge in [-0.3, -0.25) is 9.59 Å². The predicted octanol–water partition coefficient (Wildman–Crippen LogP) is 5.11. The molecule has 2 atom stereocenters. The summed E-state index contributed by atoms with van der Waals surface area (Å²) in [5.41, 5.74) is 0. The van der Waals surface area contributed by atoms with Gasteiger partial charge in [-0.2, -0.15) is 0 Å². The fourth-order valence-corrected chi connectivity index (χ4v) is 3.14. The lowest BCUT2D eigenvalue weighted by molar-refractivity contribution is -0.139. The summed E-state index contributed by atoms with van der Waals surface area (Å²) in [7, 11) is 0. The maximum absolute atomic E-state index is 11.1. The first kappa shape index (κ1) is 20.9. The van der Waals surface area contributed by atoms with Crippen LogP contribution in [0.1, 0.15) is 90.9 Å². The van der Waals surface area contributed by atoms with E-state index in [2.05, 4.69) is 13.8 Å². The number of rotatable bonds is 15. The Morgan fingerprint density at radius 1 is 0.727 bits per heavy atom. The second kappa shape index (κ2) is 13.6. The van der Waals surface area contributed by atoms with Crippen LogP contribution in [0.4, 0.5) is 0 Å². The molecule has 0 aromatic heterocycles. The van der Waals surface area contributed by atoms with Crippen LogP contribution in [-0.2, 0) is 9.59 Å². The van der Waals surface area contributed by atoms with Crippen molar-refractivity contribution in [2.75, 3.05) is 0 Å². The van der Waals surface area contributed by atoms with E-state index in [1.54, 1.807) is 0 Å². The zero-order valence-electron chi connectivity index (χ0n) is 14.4. The third-order valence-corrected chi connectivity index (χ3v) is 4.43. The van der Waals surface area contributed by atoms with E-state index in [9.17, 15) is 9.59 Å². The van der Waals surface area contributed by atoms with Crippen molar-refractivity contribution in [3.8, 4) is 0 Å². The molecule has 0 aliphatic rings. The Hall–Kier alpha value is -1.06. The molecule has 130 valence electrons. The molecule has 2 N–H and O–H groups in total. The first-order valence-electron chi connectivity index (χ1n) is 8.94. The third-order valence-electron chi connectivity index (χ3n) is 4.43. The smallest absolute Gasteiger partial charge is 0.303 e. The molecule has 2 unspecified atom stereocenters. The lowest BCUT2D eigenvalue weighted by Gasteiger charge is -2.26. The number of unbranched alkanes of at least 4 members (excludes halogenated alkanes) is 4. The fourth-order valence-electron chi connectivity index (χ4n) is 3.14. The van der Waals surface area contributed by atoms with Gasteiger partial charge in [0.15, 0.2) is 0 Å². The van der Waals surface area contributed by atoms with Crippen molar-refractivity contribution in [2.24, 2.45) is 11.8 Å². The van der Waals surface area contributed by atoms with Gasteiger partial charge < -0.3 is 10.2 Å². The molecule has 0 heterocycles. The van der Waals surface area contributed by atoms with Gasteiger partial charge >= 0.3 is 11.9 Å². The monoisotopic (exact) mass is 314 g/mol. The van der Waals surface area contributed by atoms with Crippen LogP contribution in [-0.4, -0.2) is 22.2 Å². The van der Waals surface area contributed by atoms with E-state index in [1.165, 1.54) is 0 Å². The van der Waals surface area contributed by atoms with Gasteiger partial charge in [-0.05, 0) is 24.7 Å². The zero-order chi connectivity index (χ0) is 16.8. The highest BCUT2D eigenvalue weighted by Gasteiger charge is 2.23. The van der Waals surface area contributed by atoms with Gasteiger partial charge in [0.05, 0.1) is 0 Å². The minimum Gasteiger partial charge on any atom is -0.481 e. The van der Waals surface area contributed by atoms with E-state index >= 15 is 0 Å². The van der Waals surface area contributed by atoms with Crippen molar-refractivity contribution in [1.29, 1.82) is 0 Å². The quantitative estimate of drug-likeness (QED) is 0.412. The Bertz CT molecular complexity index is 301. The molecule has 0 aromatic carbocycles. The molecule has 0 rings (SSSR count). The maximum atomic E-state index is 11.1. The molecule has 0 saturated heterocycles. The molecule has 0 fully saturated rings. The summed E-state index contributed by atoms with van der Waals surface area (Å²) in [6, 6.07) is 0. The molecule has 0 aliphatic heterocycles. The van der Waals surface area contributed by atoms with Crippen molar-refractivity contribution in [3.63, 3.8) is 0 Å². The van der Waals surface area contributed by atoms with Crippen molar-refractivity contribution in [1.82, 2.24) is 0 Å². The summed E-state index contributed by atoms with van der Waals surface area (Å²) in [4.78, 5) is 21.7. The standard InChI is InChI=1S/C18H34O4/c1-3-5-10-15(12-8-7-9-13-17(19)20)16(11-6-4-2)14-18(21)22/h15-16H,3-14H2,1-2H3,(H,19,20)(H,21,22). The largest absolute Gasteiger partial charge is 0.481 e. The number of aliphatic carboxylic acids is 2. The van der Waals surface area contributed by atoms with Crippen LogP contribution in [0.15, 0.2) is 0 Å². The maximum Gasteiger partial charge on any atom is 0.303 e. The second-order valence-electron chi connectivity index (χ2n) is 6.40. The van der Waals surface area contributed by atoms with E-state index in [0.29, 0.717) is 5.92 Å². The third kappa shape index (κ3) is 11.6. The highest BCUT2D eigenvalue weighted by atomic mass is 16.4. The molecule has 0 bridgehead atoms. The van der Waals surface area contributed by atoms with Crippen LogP contribution in [0.5, 0.6) is 0 Å². The highest BCUT2D eigenvalue weighted by molar-refractivity contribution is 5.67. The normalized spacial score (nSPS) is 13.7. The second-order valence-corrected chi connectivity index (χ2v) is 6.40. The molecule has 4 heteroatoms. The molecule has 22 heavy (non-hydrogen) atoms. The number of carboxylic acids is 2. The summed E-state index contributed by atoms with van der Waals surface area (Å²) in [5.74, 6) is -0.654. The average molecular weight is 314 g/mol. The van der Waals surface area contributed by atoms with E-state index in [-0.39, 0.29) is 18.8 Å². The number of carbonyl (C=O) groups is 2.